The molecule has 0 unspecified atom stereocenters. The van der Waals surface area contributed by atoms with Gasteiger partial charge in [-0.25, -0.2) is 4.68 Å². The van der Waals surface area contributed by atoms with E-state index in [-0.39, 0.29) is 12.2 Å². The molecule has 3 aromatic rings. The molecule has 0 saturated heterocycles. The fraction of sp³-hybridized carbons (Fsp3) is 0.211. The van der Waals surface area contributed by atoms with Crippen molar-refractivity contribution >= 4 is 17.5 Å². The van der Waals surface area contributed by atoms with Crippen LogP contribution in [0.2, 0.25) is 5.02 Å². The molecule has 2 aromatic carbocycles. The third kappa shape index (κ3) is 4.51. The number of aromatic nitrogens is 3. The summed E-state index contributed by atoms with van der Waals surface area (Å²) in [5.41, 5.74) is 0.502. The number of halogens is 4. The Kier molecular flexibility index (Phi) is 5.78. The lowest BCUT2D eigenvalue weighted by molar-refractivity contribution is -0.137. The average molecular weight is 425 g/mol. The van der Waals surface area contributed by atoms with Gasteiger partial charge >= 0.3 is 6.18 Å². The molecule has 0 fully saturated rings. The van der Waals surface area contributed by atoms with Crippen LogP contribution in [0.1, 0.15) is 27.3 Å². The fourth-order valence-electron chi connectivity index (χ4n) is 2.72. The number of rotatable bonds is 5. The quantitative estimate of drug-likeness (QED) is 0.667. The molecule has 0 aliphatic carbocycles. The van der Waals surface area contributed by atoms with Gasteiger partial charge in [0.15, 0.2) is 5.69 Å². The Hall–Kier alpha value is -3.07. The fourth-order valence-corrected chi connectivity index (χ4v) is 2.89. The molecule has 1 heterocycles. The van der Waals surface area contributed by atoms with Crippen molar-refractivity contribution in [1.29, 1.82) is 0 Å². The maximum absolute atomic E-state index is 12.8. The standard InChI is InChI=1S/C19H16ClF3N4O2/c1-11-17(25-26-27(11)15-9-14(20)6-7-16(15)29-2)18(28)24-10-12-4-3-5-13(8-12)19(21,22)23/h3-9H,10H2,1-2H3,(H,24,28). The van der Waals surface area contributed by atoms with Gasteiger partial charge in [0.2, 0.25) is 0 Å². The second-order valence-electron chi connectivity index (χ2n) is 6.13. The highest BCUT2D eigenvalue weighted by Gasteiger charge is 2.30. The van der Waals surface area contributed by atoms with Crippen LogP contribution in [0, 0.1) is 6.92 Å². The summed E-state index contributed by atoms with van der Waals surface area (Å²) in [6, 6.07) is 9.67. The van der Waals surface area contributed by atoms with Crippen molar-refractivity contribution in [2.45, 2.75) is 19.6 Å². The highest BCUT2D eigenvalue weighted by Crippen LogP contribution is 2.30. The van der Waals surface area contributed by atoms with Crippen LogP contribution in [0.5, 0.6) is 5.75 Å². The van der Waals surface area contributed by atoms with Gasteiger partial charge in [0.05, 0.1) is 18.4 Å². The van der Waals surface area contributed by atoms with Crippen LogP contribution in [0.25, 0.3) is 5.69 Å². The summed E-state index contributed by atoms with van der Waals surface area (Å²) in [7, 11) is 1.49. The van der Waals surface area contributed by atoms with Crippen molar-refractivity contribution < 1.29 is 22.7 Å². The number of alkyl halides is 3. The first-order valence-corrected chi connectivity index (χ1v) is 8.79. The predicted octanol–water partition coefficient (Wildman–Crippen LogP) is 4.19. The summed E-state index contributed by atoms with van der Waals surface area (Å²) in [6.45, 7) is 1.55. The van der Waals surface area contributed by atoms with Crippen LogP contribution in [0.15, 0.2) is 42.5 Å². The molecule has 6 nitrogen and oxygen atoms in total. The van der Waals surface area contributed by atoms with E-state index >= 15 is 0 Å². The number of methoxy groups -OCH3 is 1. The van der Waals surface area contributed by atoms with E-state index in [2.05, 4.69) is 15.6 Å². The van der Waals surface area contributed by atoms with Crippen molar-refractivity contribution in [1.82, 2.24) is 20.3 Å². The normalized spacial score (nSPS) is 11.4. The van der Waals surface area contributed by atoms with Gasteiger partial charge in [-0.05, 0) is 42.8 Å². The molecule has 0 spiro atoms. The van der Waals surface area contributed by atoms with Crippen LogP contribution < -0.4 is 10.1 Å². The van der Waals surface area contributed by atoms with Crippen molar-refractivity contribution in [3.05, 3.63) is 70.0 Å². The zero-order valence-corrected chi connectivity index (χ0v) is 16.2. The minimum absolute atomic E-state index is 0.0407. The lowest BCUT2D eigenvalue weighted by Gasteiger charge is -2.10. The Labute approximate surface area is 169 Å². The summed E-state index contributed by atoms with van der Waals surface area (Å²) < 4.78 is 45.1. The summed E-state index contributed by atoms with van der Waals surface area (Å²) >= 11 is 6.03. The Bertz CT molecular complexity index is 1050. The van der Waals surface area contributed by atoms with E-state index in [1.54, 1.807) is 25.1 Å². The second-order valence-corrected chi connectivity index (χ2v) is 6.57. The van der Waals surface area contributed by atoms with E-state index in [4.69, 9.17) is 16.3 Å². The van der Waals surface area contributed by atoms with Crippen molar-refractivity contribution in [3.63, 3.8) is 0 Å². The van der Waals surface area contributed by atoms with Gasteiger partial charge in [0.25, 0.3) is 5.91 Å². The zero-order chi connectivity index (χ0) is 21.2. The molecular weight excluding hydrogens is 409 g/mol. The lowest BCUT2D eigenvalue weighted by atomic mass is 10.1. The summed E-state index contributed by atoms with van der Waals surface area (Å²) in [4.78, 5) is 12.5. The number of hydrogen-bond acceptors (Lipinski definition) is 4. The van der Waals surface area contributed by atoms with Crippen molar-refractivity contribution in [2.75, 3.05) is 7.11 Å². The monoisotopic (exact) mass is 424 g/mol. The third-order valence-corrected chi connectivity index (χ3v) is 4.42. The number of hydrogen-bond donors (Lipinski definition) is 1. The van der Waals surface area contributed by atoms with Crippen molar-refractivity contribution in [2.24, 2.45) is 0 Å². The second kappa shape index (κ2) is 8.12. The van der Waals surface area contributed by atoms with E-state index < -0.39 is 17.6 Å². The molecule has 152 valence electrons. The first kappa shape index (κ1) is 20.7. The molecule has 10 heteroatoms. The Morgan fingerprint density at radius 1 is 1.24 bits per heavy atom. The molecule has 0 bridgehead atoms. The molecule has 29 heavy (non-hydrogen) atoms. The number of ether oxygens (including phenoxy) is 1. The van der Waals surface area contributed by atoms with Gasteiger partial charge in [-0.2, -0.15) is 13.2 Å². The van der Waals surface area contributed by atoms with Gasteiger partial charge < -0.3 is 10.1 Å². The largest absolute Gasteiger partial charge is 0.494 e. The minimum Gasteiger partial charge on any atom is -0.494 e. The minimum atomic E-state index is -4.45. The number of benzene rings is 2. The van der Waals surface area contributed by atoms with Gasteiger partial charge in [-0.1, -0.05) is 28.9 Å². The van der Waals surface area contributed by atoms with Gasteiger partial charge in [0.1, 0.15) is 11.4 Å². The molecule has 1 amide bonds. The molecule has 0 aliphatic rings. The predicted molar refractivity (Wildman–Crippen MR) is 100 cm³/mol. The van der Waals surface area contributed by atoms with Gasteiger partial charge in [-0.15, -0.1) is 5.10 Å². The number of carbonyl (C=O) groups is 1. The summed E-state index contributed by atoms with van der Waals surface area (Å²) in [5, 5.41) is 10.9. The van der Waals surface area contributed by atoms with Crippen LogP contribution in [0.4, 0.5) is 13.2 Å². The molecule has 0 radical (unpaired) electrons. The highest BCUT2D eigenvalue weighted by molar-refractivity contribution is 6.30. The lowest BCUT2D eigenvalue weighted by Crippen LogP contribution is -2.24. The number of carbonyl (C=O) groups excluding carboxylic acids is 1. The van der Waals surface area contributed by atoms with Gasteiger partial charge in [-0.3, -0.25) is 4.79 Å². The summed E-state index contributed by atoms with van der Waals surface area (Å²) in [5.74, 6) is -0.0783. The number of nitrogens with one attached hydrogen (secondary N) is 1. The Balaban J connectivity index is 1.79. The maximum atomic E-state index is 12.8. The molecule has 1 N–H and O–H groups in total. The third-order valence-electron chi connectivity index (χ3n) is 4.19. The molecule has 0 aliphatic heterocycles. The highest BCUT2D eigenvalue weighted by atomic mass is 35.5. The first-order chi connectivity index (χ1) is 13.7. The van der Waals surface area contributed by atoms with Crippen molar-refractivity contribution in [3.8, 4) is 11.4 Å². The topological polar surface area (TPSA) is 69.0 Å². The molecule has 1 aromatic heterocycles. The number of nitrogens with zero attached hydrogens (tertiary/aromatic N) is 3. The van der Waals surface area contributed by atoms with Gasteiger partial charge in [0, 0.05) is 11.6 Å². The zero-order valence-electron chi connectivity index (χ0n) is 15.4. The van der Waals surface area contributed by atoms with E-state index in [0.29, 0.717) is 27.7 Å². The molecule has 3 rings (SSSR count). The van der Waals surface area contributed by atoms with Crippen LogP contribution in [-0.4, -0.2) is 28.0 Å². The maximum Gasteiger partial charge on any atom is 0.416 e. The van der Waals surface area contributed by atoms with Crippen LogP contribution >= 0.6 is 11.6 Å². The Morgan fingerprint density at radius 3 is 2.69 bits per heavy atom. The van der Waals surface area contributed by atoms with Crippen LogP contribution in [-0.2, 0) is 12.7 Å². The SMILES string of the molecule is COc1ccc(Cl)cc1-n1nnc(C(=O)NCc2cccc(C(F)(F)F)c2)c1C. The van der Waals surface area contributed by atoms with E-state index in [1.165, 1.54) is 23.9 Å². The molecule has 0 saturated carbocycles. The number of amides is 1. The Morgan fingerprint density at radius 2 is 2.00 bits per heavy atom. The van der Waals surface area contributed by atoms with E-state index in [0.717, 1.165) is 12.1 Å². The molecule has 0 atom stereocenters. The van der Waals surface area contributed by atoms with Crippen LogP contribution in [0.3, 0.4) is 0 Å². The smallest absolute Gasteiger partial charge is 0.416 e. The van der Waals surface area contributed by atoms with E-state index in [9.17, 15) is 18.0 Å². The van der Waals surface area contributed by atoms with E-state index in [1.807, 2.05) is 0 Å². The summed E-state index contributed by atoms with van der Waals surface area (Å²) in [6.07, 6.45) is -4.45. The molecular formula is C19H16ClF3N4O2. The average Bonchev–Trinajstić information content (AvgIpc) is 3.07. The first-order valence-electron chi connectivity index (χ1n) is 8.41.